The van der Waals surface area contributed by atoms with E-state index in [0.717, 1.165) is 17.4 Å². The molecule has 0 amide bonds. The average molecular weight is 236 g/mol. The Morgan fingerprint density at radius 2 is 2.38 bits per heavy atom. The van der Waals surface area contributed by atoms with E-state index >= 15 is 0 Å². The maximum atomic E-state index is 13.2. The van der Waals surface area contributed by atoms with Gasteiger partial charge in [-0.3, -0.25) is 0 Å². The Hall–Kier alpha value is -2.00. The number of hydrogen-bond donors (Lipinski definition) is 0. The molecule has 0 spiro atoms. The molecule has 0 N–H and O–H groups in total. The fourth-order valence-electron chi connectivity index (χ4n) is 1.31. The molecule has 0 fully saturated rings. The number of halogens is 1. The smallest absolute Gasteiger partial charge is 0.339 e. The number of nitriles is 1. The Bertz CT molecular complexity index is 615. The molecule has 1 aromatic heterocycles. The minimum atomic E-state index is -0.641. The highest BCUT2D eigenvalue weighted by Gasteiger charge is 2.16. The molecule has 2 rings (SSSR count). The van der Waals surface area contributed by atoms with Gasteiger partial charge in [-0.1, -0.05) is 0 Å². The van der Waals surface area contributed by atoms with Gasteiger partial charge in [-0.15, -0.1) is 11.3 Å². The third-order valence-corrected chi connectivity index (χ3v) is 2.96. The van der Waals surface area contributed by atoms with Gasteiger partial charge in [0.05, 0.1) is 22.9 Å². The third-order valence-electron chi connectivity index (χ3n) is 1.96. The van der Waals surface area contributed by atoms with E-state index in [0.29, 0.717) is 10.2 Å². The number of benzene rings is 1. The van der Waals surface area contributed by atoms with Crippen molar-refractivity contribution in [2.45, 2.75) is 0 Å². The molecule has 0 radical (unpaired) electrons. The Labute approximate surface area is 93.9 Å². The van der Waals surface area contributed by atoms with Gasteiger partial charge in [0.15, 0.2) is 5.01 Å². The van der Waals surface area contributed by atoms with Gasteiger partial charge in [-0.25, -0.2) is 14.2 Å². The number of carbonyl (C=O) groups excluding carboxylic acids is 1. The van der Waals surface area contributed by atoms with E-state index in [4.69, 9.17) is 5.26 Å². The fourth-order valence-corrected chi connectivity index (χ4v) is 2.15. The van der Waals surface area contributed by atoms with Crippen LogP contribution >= 0.6 is 11.3 Å². The van der Waals surface area contributed by atoms with Gasteiger partial charge in [-0.2, -0.15) is 5.26 Å². The van der Waals surface area contributed by atoms with Crippen LogP contribution in [0.5, 0.6) is 0 Å². The van der Waals surface area contributed by atoms with Crippen molar-refractivity contribution in [2.24, 2.45) is 0 Å². The summed E-state index contributed by atoms with van der Waals surface area (Å²) < 4.78 is 18.2. The number of thiazole rings is 1. The number of carbonyl (C=O) groups is 1. The van der Waals surface area contributed by atoms with Crippen LogP contribution in [0.1, 0.15) is 15.4 Å². The molecular weight excluding hydrogens is 231 g/mol. The number of methoxy groups -OCH3 is 1. The van der Waals surface area contributed by atoms with Gasteiger partial charge in [0.1, 0.15) is 11.9 Å². The second kappa shape index (κ2) is 3.87. The Balaban J connectivity index is 2.77. The van der Waals surface area contributed by atoms with Crippen molar-refractivity contribution in [3.8, 4) is 6.07 Å². The molecule has 0 saturated carbocycles. The highest BCUT2D eigenvalue weighted by Crippen LogP contribution is 2.27. The monoisotopic (exact) mass is 236 g/mol. The number of ether oxygens (including phenoxy) is 1. The summed E-state index contributed by atoms with van der Waals surface area (Å²) in [6, 6.07) is 4.11. The zero-order valence-corrected chi connectivity index (χ0v) is 8.97. The molecule has 1 heterocycles. The summed E-state index contributed by atoms with van der Waals surface area (Å²) in [5.74, 6) is -1.22. The van der Waals surface area contributed by atoms with Gasteiger partial charge in [0.2, 0.25) is 0 Å². The average Bonchev–Trinajstić information content (AvgIpc) is 2.69. The van der Waals surface area contributed by atoms with Gasteiger partial charge < -0.3 is 4.74 Å². The van der Waals surface area contributed by atoms with Crippen LogP contribution in [0.25, 0.3) is 10.2 Å². The van der Waals surface area contributed by atoms with Crippen LogP contribution in [-0.4, -0.2) is 18.1 Å². The van der Waals surface area contributed by atoms with Crippen molar-refractivity contribution in [1.82, 2.24) is 4.98 Å². The molecule has 1 aromatic carbocycles. The third kappa shape index (κ3) is 1.61. The summed E-state index contributed by atoms with van der Waals surface area (Å²) in [6.07, 6.45) is 0. The summed E-state index contributed by atoms with van der Waals surface area (Å²) in [4.78, 5) is 15.3. The lowest BCUT2D eigenvalue weighted by molar-refractivity contribution is 0.0602. The molecular formula is C10H5FN2O2S. The van der Waals surface area contributed by atoms with E-state index in [1.54, 1.807) is 0 Å². The summed E-state index contributed by atoms with van der Waals surface area (Å²) in [6.45, 7) is 0. The van der Waals surface area contributed by atoms with Gasteiger partial charge in [-0.05, 0) is 6.07 Å². The largest absolute Gasteiger partial charge is 0.465 e. The van der Waals surface area contributed by atoms with Crippen LogP contribution in [0.4, 0.5) is 4.39 Å². The van der Waals surface area contributed by atoms with E-state index in [1.807, 2.05) is 6.07 Å². The maximum absolute atomic E-state index is 13.2. The van der Waals surface area contributed by atoms with E-state index in [2.05, 4.69) is 9.72 Å². The molecule has 2 aromatic rings. The van der Waals surface area contributed by atoms with Crippen molar-refractivity contribution in [3.05, 3.63) is 28.5 Å². The molecule has 0 aliphatic heterocycles. The zero-order chi connectivity index (χ0) is 11.7. The number of rotatable bonds is 1. The van der Waals surface area contributed by atoms with Gasteiger partial charge >= 0.3 is 5.97 Å². The molecule has 0 atom stereocenters. The number of fused-ring (bicyclic) bond motifs is 1. The number of hydrogen-bond acceptors (Lipinski definition) is 5. The lowest BCUT2D eigenvalue weighted by Crippen LogP contribution is -2.01. The van der Waals surface area contributed by atoms with Crippen LogP contribution < -0.4 is 0 Å². The Morgan fingerprint density at radius 1 is 1.62 bits per heavy atom. The lowest BCUT2D eigenvalue weighted by Gasteiger charge is -1.99. The van der Waals surface area contributed by atoms with Crippen LogP contribution in [0.2, 0.25) is 0 Å². The first-order valence-electron chi connectivity index (χ1n) is 4.24. The summed E-state index contributed by atoms with van der Waals surface area (Å²) >= 11 is 1.04. The quantitative estimate of drug-likeness (QED) is 0.711. The molecule has 4 nitrogen and oxygen atoms in total. The number of nitrogens with zero attached hydrogens (tertiary/aromatic N) is 2. The molecule has 6 heteroatoms. The van der Waals surface area contributed by atoms with E-state index in [-0.39, 0.29) is 10.6 Å². The highest BCUT2D eigenvalue weighted by atomic mass is 32.1. The predicted octanol–water partition coefficient (Wildman–Crippen LogP) is 2.09. The Morgan fingerprint density at radius 3 is 3.00 bits per heavy atom. The van der Waals surface area contributed by atoms with E-state index < -0.39 is 11.8 Å². The van der Waals surface area contributed by atoms with Crippen molar-refractivity contribution in [2.75, 3.05) is 7.11 Å². The lowest BCUT2D eigenvalue weighted by atomic mass is 10.2. The van der Waals surface area contributed by atoms with Crippen LogP contribution in [0.15, 0.2) is 12.1 Å². The first-order valence-corrected chi connectivity index (χ1v) is 5.06. The van der Waals surface area contributed by atoms with Gasteiger partial charge in [0, 0.05) is 6.07 Å². The summed E-state index contributed by atoms with van der Waals surface area (Å²) in [7, 11) is 1.21. The minimum absolute atomic E-state index is 0.0940. The first kappa shape index (κ1) is 10.5. The molecule has 0 aliphatic carbocycles. The van der Waals surface area contributed by atoms with Crippen molar-refractivity contribution in [1.29, 1.82) is 5.26 Å². The SMILES string of the molecule is COC(=O)c1cc(F)cc2nc(C#N)sc12. The number of aromatic nitrogens is 1. The van der Waals surface area contributed by atoms with E-state index in [1.165, 1.54) is 13.2 Å². The highest BCUT2D eigenvalue weighted by molar-refractivity contribution is 7.19. The van der Waals surface area contributed by atoms with Crippen molar-refractivity contribution < 1.29 is 13.9 Å². The van der Waals surface area contributed by atoms with Gasteiger partial charge in [0.25, 0.3) is 0 Å². The van der Waals surface area contributed by atoms with Crippen LogP contribution in [0.3, 0.4) is 0 Å². The first-order chi connectivity index (χ1) is 7.65. The van der Waals surface area contributed by atoms with Crippen LogP contribution in [0, 0.1) is 17.1 Å². The summed E-state index contributed by atoms with van der Waals surface area (Å²) in [5, 5.41) is 8.87. The van der Waals surface area contributed by atoms with Crippen molar-refractivity contribution in [3.63, 3.8) is 0 Å². The van der Waals surface area contributed by atoms with E-state index in [9.17, 15) is 9.18 Å². The van der Waals surface area contributed by atoms with Crippen LogP contribution in [-0.2, 0) is 4.74 Å². The number of esters is 1. The predicted molar refractivity (Wildman–Crippen MR) is 55.6 cm³/mol. The molecule has 16 heavy (non-hydrogen) atoms. The Kier molecular flexibility index (Phi) is 2.54. The maximum Gasteiger partial charge on any atom is 0.339 e. The second-order valence-electron chi connectivity index (χ2n) is 2.92. The normalized spacial score (nSPS) is 10.1. The standard InChI is InChI=1S/C10H5FN2O2S/c1-15-10(14)6-2-5(11)3-7-9(6)16-8(4-12)13-7/h2-3H,1H3. The topological polar surface area (TPSA) is 63.0 Å². The van der Waals surface area contributed by atoms with Crippen molar-refractivity contribution >= 4 is 27.5 Å². The fraction of sp³-hybridized carbons (Fsp3) is 0.100. The molecule has 0 bridgehead atoms. The molecule has 0 unspecified atom stereocenters. The molecule has 80 valence electrons. The molecule has 0 aliphatic rings. The second-order valence-corrected chi connectivity index (χ2v) is 3.92. The zero-order valence-electron chi connectivity index (χ0n) is 8.15. The summed E-state index contributed by atoms with van der Waals surface area (Å²) in [5.41, 5.74) is 0.387. The molecule has 0 saturated heterocycles. The minimum Gasteiger partial charge on any atom is -0.465 e.